The third kappa shape index (κ3) is 4.32. The Labute approximate surface area is 141 Å². The smallest absolute Gasteiger partial charge is 0.269 e. The standard InChI is InChI=1S/C18H21N3O3/c1-4-8-20-18(23)15-11-13(7-9-19-15)17(22)21-14-10-12(2)5-6-16(14)24-3/h5-7,9-11H,4,8H2,1-3H3,(H,20,23)(H,21,22). The molecule has 2 aromatic rings. The van der Waals surface area contributed by atoms with E-state index in [1.54, 1.807) is 19.2 Å². The molecule has 1 aromatic carbocycles. The first-order chi connectivity index (χ1) is 11.5. The van der Waals surface area contributed by atoms with Crippen LogP contribution >= 0.6 is 0 Å². The minimum atomic E-state index is -0.328. The molecule has 0 aliphatic rings. The fourth-order valence-electron chi connectivity index (χ4n) is 2.14. The quantitative estimate of drug-likeness (QED) is 0.855. The summed E-state index contributed by atoms with van der Waals surface area (Å²) in [5.41, 5.74) is 2.15. The van der Waals surface area contributed by atoms with Gasteiger partial charge in [-0.25, -0.2) is 0 Å². The van der Waals surface area contributed by atoms with Gasteiger partial charge < -0.3 is 15.4 Å². The summed E-state index contributed by atoms with van der Waals surface area (Å²) in [7, 11) is 1.54. The van der Waals surface area contributed by atoms with E-state index in [-0.39, 0.29) is 17.5 Å². The number of anilines is 1. The third-order valence-corrected chi connectivity index (χ3v) is 3.39. The molecule has 1 aromatic heterocycles. The Bertz CT molecular complexity index is 744. The summed E-state index contributed by atoms with van der Waals surface area (Å²) in [4.78, 5) is 28.4. The van der Waals surface area contributed by atoms with Gasteiger partial charge in [0.2, 0.25) is 0 Å². The number of amides is 2. The zero-order valence-corrected chi connectivity index (χ0v) is 14.1. The zero-order valence-electron chi connectivity index (χ0n) is 14.1. The van der Waals surface area contributed by atoms with Crippen LogP contribution in [0.25, 0.3) is 0 Å². The van der Waals surface area contributed by atoms with Crippen LogP contribution in [0.3, 0.4) is 0 Å². The summed E-state index contributed by atoms with van der Waals surface area (Å²) >= 11 is 0. The van der Waals surface area contributed by atoms with E-state index in [0.29, 0.717) is 23.5 Å². The molecule has 0 bridgehead atoms. The van der Waals surface area contributed by atoms with Crippen LogP contribution in [0.15, 0.2) is 36.5 Å². The average molecular weight is 327 g/mol. The van der Waals surface area contributed by atoms with E-state index in [2.05, 4.69) is 15.6 Å². The number of nitrogens with one attached hydrogen (secondary N) is 2. The number of pyridine rings is 1. The van der Waals surface area contributed by atoms with E-state index in [1.165, 1.54) is 12.3 Å². The largest absolute Gasteiger partial charge is 0.495 e. The van der Waals surface area contributed by atoms with E-state index in [4.69, 9.17) is 4.74 Å². The van der Waals surface area contributed by atoms with Crippen molar-refractivity contribution in [2.75, 3.05) is 19.0 Å². The van der Waals surface area contributed by atoms with Gasteiger partial charge in [0.25, 0.3) is 11.8 Å². The van der Waals surface area contributed by atoms with Crippen LogP contribution in [0.1, 0.15) is 39.8 Å². The van der Waals surface area contributed by atoms with Gasteiger partial charge in [-0.15, -0.1) is 0 Å². The van der Waals surface area contributed by atoms with Gasteiger partial charge in [-0.05, 0) is 43.2 Å². The first-order valence-electron chi connectivity index (χ1n) is 7.75. The maximum atomic E-state index is 12.5. The van der Waals surface area contributed by atoms with E-state index >= 15 is 0 Å². The van der Waals surface area contributed by atoms with Gasteiger partial charge >= 0.3 is 0 Å². The molecular weight excluding hydrogens is 306 g/mol. The number of benzene rings is 1. The number of carbonyl (C=O) groups excluding carboxylic acids is 2. The van der Waals surface area contributed by atoms with Crippen molar-refractivity contribution in [3.63, 3.8) is 0 Å². The normalized spacial score (nSPS) is 10.1. The van der Waals surface area contributed by atoms with Crippen molar-refractivity contribution in [2.45, 2.75) is 20.3 Å². The molecule has 0 aliphatic carbocycles. The van der Waals surface area contributed by atoms with Gasteiger partial charge in [-0.2, -0.15) is 0 Å². The molecule has 2 rings (SSSR count). The van der Waals surface area contributed by atoms with Gasteiger partial charge in [0.05, 0.1) is 12.8 Å². The number of aryl methyl sites for hydroxylation is 1. The number of aromatic nitrogens is 1. The molecule has 0 unspecified atom stereocenters. The zero-order chi connectivity index (χ0) is 17.5. The summed E-state index contributed by atoms with van der Waals surface area (Å²) in [6.07, 6.45) is 2.28. The molecule has 2 N–H and O–H groups in total. The highest BCUT2D eigenvalue weighted by atomic mass is 16.5. The molecule has 0 aliphatic heterocycles. The molecule has 1 heterocycles. The van der Waals surface area contributed by atoms with Crippen molar-refractivity contribution < 1.29 is 14.3 Å². The number of rotatable bonds is 6. The Kier molecular flexibility index (Phi) is 5.89. The number of carbonyl (C=O) groups is 2. The van der Waals surface area contributed by atoms with Crippen LogP contribution in [-0.2, 0) is 0 Å². The third-order valence-electron chi connectivity index (χ3n) is 3.39. The molecule has 6 heteroatoms. The number of hydrogen-bond donors (Lipinski definition) is 2. The predicted molar refractivity (Wildman–Crippen MR) is 92.5 cm³/mol. The summed E-state index contributed by atoms with van der Waals surface area (Å²) in [5, 5.41) is 5.54. The van der Waals surface area contributed by atoms with Crippen molar-refractivity contribution in [1.29, 1.82) is 0 Å². The molecule has 0 spiro atoms. The number of nitrogens with zero attached hydrogens (tertiary/aromatic N) is 1. The monoisotopic (exact) mass is 327 g/mol. The fraction of sp³-hybridized carbons (Fsp3) is 0.278. The number of hydrogen-bond acceptors (Lipinski definition) is 4. The van der Waals surface area contributed by atoms with Crippen LogP contribution in [-0.4, -0.2) is 30.5 Å². The van der Waals surface area contributed by atoms with E-state index in [9.17, 15) is 9.59 Å². The van der Waals surface area contributed by atoms with E-state index in [1.807, 2.05) is 26.0 Å². The summed E-state index contributed by atoms with van der Waals surface area (Å²) in [6.45, 7) is 4.46. The number of methoxy groups -OCH3 is 1. The van der Waals surface area contributed by atoms with E-state index < -0.39 is 0 Å². The molecule has 24 heavy (non-hydrogen) atoms. The SMILES string of the molecule is CCCNC(=O)c1cc(C(=O)Nc2cc(C)ccc2OC)ccn1. The molecule has 126 valence electrons. The Morgan fingerprint density at radius 2 is 1.96 bits per heavy atom. The van der Waals surface area contributed by atoms with Crippen molar-refractivity contribution in [3.8, 4) is 5.75 Å². The van der Waals surface area contributed by atoms with Gasteiger partial charge in [-0.3, -0.25) is 14.6 Å². The maximum Gasteiger partial charge on any atom is 0.269 e. The van der Waals surface area contributed by atoms with E-state index in [0.717, 1.165) is 12.0 Å². The lowest BCUT2D eigenvalue weighted by Gasteiger charge is -2.11. The molecule has 0 saturated carbocycles. The van der Waals surface area contributed by atoms with Gasteiger partial charge in [0.1, 0.15) is 11.4 Å². The van der Waals surface area contributed by atoms with Crippen LogP contribution in [0.5, 0.6) is 5.75 Å². The maximum absolute atomic E-state index is 12.5. The molecule has 0 radical (unpaired) electrons. The lowest BCUT2D eigenvalue weighted by molar-refractivity contribution is 0.0948. The van der Waals surface area contributed by atoms with Crippen molar-refractivity contribution in [3.05, 3.63) is 53.3 Å². The highest BCUT2D eigenvalue weighted by Gasteiger charge is 2.13. The Hall–Kier alpha value is -2.89. The molecule has 2 amide bonds. The summed E-state index contributed by atoms with van der Waals surface area (Å²) in [5.74, 6) is -0.0469. The van der Waals surface area contributed by atoms with Crippen LogP contribution < -0.4 is 15.4 Å². The Morgan fingerprint density at radius 3 is 2.67 bits per heavy atom. The minimum Gasteiger partial charge on any atom is -0.495 e. The fourth-order valence-corrected chi connectivity index (χ4v) is 2.14. The van der Waals surface area contributed by atoms with Crippen molar-refractivity contribution >= 4 is 17.5 Å². The lowest BCUT2D eigenvalue weighted by atomic mass is 10.1. The minimum absolute atomic E-state index is 0.215. The number of ether oxygens (including phenoxy) is 1. The Balaban J connectivity index is 2.19. The van der Waals surface area contributed by atoms with Crippen LogP contribution in [0, 0.1) is 6.92 Å². The molecular formula is C18H21N3O3. The van der Waals surface area contributed by atoms with Gasteiger partial charge in [-0.1, -0.05) is 13.0 Å². The second kappa shape index (κ2) is 8.10. The second-order valence-electron chi connectivity index (χ2n) is 5.34. The van der Waals surface area contributed by atoms with Crippen LogP contribution in [0.2, 0.25) is 0 Å². The predicted octanol–water partition coefficient (Wildman–Crippen LogP) is 2.79. The van der Waals surface area contributed by atoms with Crippen LogP contribution in [0.4, 0.5) is 5.69 Å². The Morgan fingerprint density at radius 1 is 1.17 bits per heavy atom. The first kappa shape index (κ1) is 17.5. The molecule has 0 saturated heterocycles. The highest BCUT2D eigenvalue weighted by Crippen LogP contribution is 2.25. The van der Waals surface area contributed by atoms with Crippen molar-refractivity contribution in [2.24, 2.45) is 0 Å². The summed E-state index contributed by atoms with van der Waals surface area (Å²) < 4.78 is 5.25. The first-order valence-corrected chi connectivity index (χ1v) is 7.75. The molecule has 0 atom stereocenters. The highest BCUT2D eigenvalue weighted by molar-refractivity contribution is 6.06. The average Bonchev–Trinajstić information content (AvgIpc) is 2.60. The molecule has 6 nitrogen and oxygen atoms in total. The summed E-state index contributed by atoms with van der Waals surface area (Å²) in [6, 6.07) is 8.56. The van der Waals surface area contributed by atoms with Gasteiger partial charge in [0.15, 0.2) is 0 Å². The van der Waals surface area contributed by atoms with Gasteiger partial charge in [0, 0.05) is 18.3 Å². The second-order valence-corrected chi connectivity index (χ2v) is 5.34. The lowest BCUT2D eigenvalue weighted by Crippen LogP contribution is -2.25. The van der Waals surface area contributed by atoms with Crippen molar-refractivity contribution in [1.82, 2.24) is 10.3 Å². The molecule has 0 fully saturated rings. The topological polar surface area (TPSA) is 80.3 Å².